The summed E-state index contributed by atoms with van der Waals surface area (Å²) < 4.78 is 13.1. The first kappa shape index (κ1) is 10.9. The Morgan fingerprint density at radius 3 is 2.73 bits per heavy atom. The molecule has 0 heterocycles. The van der Waals surface area contributed by atoms with Crippen molar-refractivity contribution in [3.63, 3.8) is 0 Å². The van der Waals surface area contributed by atoms with Crippen LogP contribution in [0.3, 0.4) is 0 Å². The van der Waals surface area contributed by atoms with Crippen molar-refractivity contribution in [2.24, 2.45) is 0 Å². The van der Waals surface area contributed by atoms with Crippen molar-refractivity contribution in [2.45, 2.75) is 6.92 Å². The number of hydrogen-bond acceptors (Lipinski definition) is 2. The van der Waals surface area contributed by atoms with E-state index in [2.05, 4.69) is 0 Å². The van der Waals surface area contributed by atoms with Crippen LogP contribution in [0.25, 0.3) is 6.08 Å². The third-order valence-electron chi connectivity index (χ3n) is 1.86. The first-order valence-electron chi connectivity index (χ1n) is 4.16. The topological polar surface area (TPSA) is 61.1 Å². The number of aryl methyl sites for hydroxylation is 1. The van der Waals surface area contributed by atoms with E-state index in [1.54, 1.807) is 13.0 Å². The summed E-state index contributed by atoms with van der Waals surface area (Å²) in [5.41, 5.74) is 0.413. The molecule has 0 aromatic heterocycles. The molecule has 0 aliphatic heterocycles. The van der Waals surface area contributed by atoms with Crippen LogP contribution in [0.4, 0.5) is 4.39 Å². The zero-order valence-corrected chi connectivity index (χ0v) is 7.99. The normalized spacial score (nSPS) is 10.9. The molecular weight excluding hydrogens is 197 g/mol. The molecule has 0 unspecified atom stereocenters. The van der Waals surface area contributed by atoms with Crippen LogP contribution in [-0.4, -0.2) is 11.1 Å². The third kappa shape index (κ3) is 2.64. The Kier molecular flexibility index (Phi) is 3.19. The van der Waals surface area contributed by atoms with Crippen molar-refractivity contribution in [3.8, 4) is 6.07 Å². The molecular formula is C11H8FNO2. The number of nitriles is 1. The van der Waals surface area contributed by atoms with Gasteiger partial charge in [-0.05, 0) is 30.2 Å². The number of halogens is 1. The standard InChI is InChI=1S/C11H8FNO2/c1-7-2-3-8(5-10(7)12)4-9(6-13)11(14)15/h2-5H,1H3,(H,14,15)/b9-4+. The van der Waals surface area contributed by atoms with Gasteiger partial charge in [0.15, 0.2) is 0 Å². The van der Waals surface area contributed by atoms with Crippen LogP contribution in [0.5, 0.6) is 0 Å². The van der Waals surface area contributed by atoms with Gasteiger partial charge in [-0.1, -0.05) is 12.1 Å². The highest BCUT2D eigenvalue weighted by Gasteiger charge is 2.06. The maximum Gasteiger partial charge on any atom is 0.346 e. The lowest BCUT2D eigenvalue weighted by Gasteiger charge is -1.98. The summed E-state index contributed by atoms with van der Waals surface area (Å²) in [6.07, 6.45) is 1.13. The molecule has 0 atom stereocenters. The third-order valence-corrected chi connectivity index (χ3v) is 1.86. The number of carboxylic acids is 1. The molecule has 1 rings (SSSR count). The molecule has 0 bridgehead atoms. The Bertz CT molecular complexity index is 472. The highest BCUT2D eigenvalue weighted by molar-refractivity contribution is 5.96. The zero-order valence-electron chi connectivity index (χ0n) is 7.99. The summed E-state index contributed by atoms with van der Waals surface area (Å²) in [6, 6.07) is 5.79. The first-order valence-corrected chi connectivity index (χ1v) is 4.16. The van der Waals surface area contributed by atoms with E-state index in [0.717, 1.165) is 6.08 Å². The molecule has 0 amide bonds. The Labute approximate surface area is 86.1 Å². The quantitative estimate of drug-likeness (QED) is 0.594. The van der Waals surface area contributed by atoms with E-state index in [4.69, 9.17) is 10.4 Å². The number of nitrogens with zero attached hydrogens (tertiary/aromatic N) is 1. The van der Waals surface area contributed by atoms with Gasteiger partial charge in [0.25, 0.3) is 0 Å². The van der Waals surface area contributed by atoms with Gasteiger partial charge in [0.1, 0.15) is 17.5 Å². The lowest BCUT2D eigenvalue weighted by atomic mass is 10.1. The first-order chi connectivity index (χ1) is 7.04. The average Bonchev–Trinajstić information content (AvgIpc) is 2.19. The van der Waals surface area contributed by atoms with E-state index < -0.39 is 17.4 Å². The van der Waals surface area contributed by atoms with Crippen molar-refractivity contribution in [3.05, 3.63) is 40.7 Å². The molecule has 1 N–H and O–H groups in total. The molecule has 1 aromatic carbocycles. The van der Waals surface area contributed by atoms with Crippen molar-refractivity contribution >= 4 is 12.0 Å². The van der Waals surface area contributed by atoms with Crippen LogP contribution in [0, 0.1) is 24.1 Å². The van der Waals surface area contributed by atoms with Crippen LogP contribution in [-0.2, 0) is 4.79 Å². The molecule has 0 saturated heterocycles. The molecule has 4 heteroatoms. The second-order valence-corrected chi connectivity index (χ2v) is 2.98. The number of hydrogen-bond donors (Lipinski definition) is 1. The molecule has 0 aliphatic rings. The number of carbonyl (C=O) groups is 1. The smallest absolute Gasteiger partial charge is 0.346 e. The average molecular weight is 205 g/mol. The Hall–Kier alpha value is -2.15. The Morgan fingerprint density at radius 1 is 1.60 bits per heavy atom. The van der Waals surface area contributed by atoms with Crippen molar-refractivity contribution in [1.29, 1.82) is 5.26 Å². The zero-order chi connectivity index (χ0) is 11.4. The van der Waals surface area contributed by atoms with E-state index in [9.17, 15) is 9.18 Å². The Morgan fingerprint density at radius 2 is 2.27 bits per heavy atom. The SMILES string of the molecule is Cc1ccc(/C=C(\C#N)C(=O)O)cc1F. The fourth-order valence-corrected chi connectivity index (χ4v) is 1.01. The molecule has 0 spiro atoms. The molecule has 76 valence electrons. The van der Waals surface area contributed by atoms with Gasteiger partial charge in [0.05, 0.1) is 0 Å². The number of aliphatic carboxylic acids is 1. The van der Waals surface area contributed by atoms with E-state index in [-0.39, 0.29) is 0 Å². The monoisotopic (exact) mass is 205 g/mol. The van der Waals surface area contributed by atoms with Crippen LogP contribution >= 0.6 is 0 Å². The van der Waals surface area contributed by atoms with Gasteiger partial charge in [-0.2, -0.15) is 5.26 Å². The summed E-state index contributed by atoms with van der Waals surface area (Å²) >= 11 is 0. The maximum atomic E-state index is 13.1. The largest absolute Gasteiger partial charge is 0.477 e. The second-order valence-electron chi connectivity index (χ2n) is 2.98. The molecule has 0 radical (unpaired) electrons. The van der Waals surface area contributed by atoms with Crippen molar-refractivity contribution in [2.75, 3.05) is 0 Å². The van der Waals surface area contributed by atoms with Gasteiger partial charge in [0, 0.05) is 0 Å². The van der Waals surface area contributed by atoms with Gasteiger partial charge in [-0.25, -0.2) is 9.18 Å². The van der Waals surface area contributed by atoms with Gasteiger partial charge >= 0.3 is 5.97 Å². The number of benzene rings is 1. The molecule has 15 heavy (non-hydrogen) atoms. The summed E-state index contributed by atoms with van der Waals surface area (Å²) in [5, 5.41) is 17.1. The van der Waals surface area contributed by atoms with Gasteiger partial charge < -0.3 is 5.11 Å². The number of rotatable bonds is 2. The van der Waals surface area contributed by atoms with Gasteiger partial charge in [-0.3, -0.25) is 0 Å². The van der Waals surface area contributed by atoms with E-state index >= 15 is 0 Å². The summed E-state index contributed by atoms with van der Waals surface area (Å²) in [5.74, 6) is -1.75. The molecule has 1 aromatic rings. The second kappa shape index (κ2) is 4.38. The fraction of sp³-hybridized carbons (Fsp3) is 0.0909. The van der Waals surface area contributed by atoms with E-state index in [1.165, 1.54) is 18.2 Å². The van der Waals surface area contributed by atoms with Crippen molar-refractivity contribution < 1.29 is 14.3 Å². The minimum atomic E-state index is -1.32. The highest BCUT2D eigenvalue weighted by Crippen LogP contribution is 2.12. The molecule has 0 saturated carbocycles. The minimum Gasteiger partial charge on any atom is -0.477 e. The van der Waals surface area contributed by atoms with Crippen LogP contribution < -0.4 is 0 Å². The van der Waals surface area contributed by atoms with Crippen LogP contribution in [0.2, 0.25) is 0 Å². The van der Waals surface area contributed by atoms with Crippen LogP contribution in [0.1, 0.15) is 11.1 Å². The van der Waals surface area contributed by atoms with E-state index in [0.29, 0.717) is 11.1 Å². The molecule has 0 aliphatic carbocycles. The lowest BCUT2D eigenvalue weighted by Crippen LogP contribution is -1.97. The molecule has 0 fully saturated rings. The molecule has 3 nitrogen and oxygen atoms in total. The summed E-state index contributed by atoms with van der Waals surface area (Å²) in [4.78, 5) is 10.5. The summed E-state index contributed by atoms with van der Waals surface area (Å²) in [7, 11) is 0. The minimum absolute atomic E-state index is 0.358. The van der Waals surface area contributed by atoms with E-state index in [1.807, 2.05) is 0 Å². The highest BCUT2D eigenvalue weighted by atomic mass is 19.1. The number of carboxylic acid groups (broad SMARTS) is 1. The fourth-order valence-electron chi connectivity index (χ4n) is 1.01. The lowest BCUT2D eigenvalue weighted by molar-refractivity contribution is -0.132. The predicted molar refractivity (Wildman–Crippen MR) is 52.4 cm³/mol. The predicted octanol–water partition coefficient (Wildman–Crippen LogP) is 2.13. The van der Waals surface area contributed by atoms with Crippen molar-refractivity contribution in [1.82, 2.24) is 0 Å². The maximum absolute atomic E-state index is 13.1. The summed E-state index contributed by atoms with van der Waals surface area (Å²) in [6.45, 7) is 1.60. The Balaban J connectivity index is 3.14. The van der Waals surface area contributed by atoms with Gasteiger partial charge in [0.2, 0.25) is 0 Å². The van der Waals surface area contributed by atoms with Crippen LogP contribution in [0.15, 0.2) is 23.8 Å². The van der Waals surface area contributed by atoms with Gasteiger partial charge in [-0.15, -0.1) is 0 Å².